The summed E-state index contributed by atoms with van der Waals surface area (Å²) in [6, 6.07) is 0. The fourth-order valence-electron chi connectivity index (χ4n) is 2.19. The third-order valence-electron chi connectivity index (χ3n) is 3.43. The molecule has 1 N–H and O–H groups in total. The van der Waals surface area contributed by atoms with Gasteiger partial charge in [0.2, 0.25) is 5.91 Å². The lowest BCUT2D eigenvalue weighted by molar-refractivity contribution is -0.122. The minimum absolute atomic E-state index is 0.0720. The first-order valence-electron chi connectivity index (χ1n) is 7.16. The molecule has 2 rings (SSSR count). The lowest BCUT2D eigenvalue weighted by Gasteiger charge is -2.19. The molecule has 0 radical (unpaired) electrons. The van der Waals surface area contributed by atoms with E-state index in [4.69, 9.17) is 0 Å². The van der Waals surface area contributed by atoms with Gasteiger partial charge in [0.25, 0.3) is 0 Å². The maximum Gasteiger partial charge on any atom is 0.234 e. The van der Waals surface area contributed by atoms with Crippen LogP contribution in [0.4, 0.5) is 0 Å². The Labute approximate surface area is 124 Å². The summed E-state index contributed by atoms with van der Waals surface area (Å²) in [4.78, 5) is 16.5. The van der Waals surface area contributed by atoms with Crippen molar-refractivity contribution in [1.29, 1.82) is 0 Å². The highest BCUT2D eigenvalue weighted by Gasteiger charge is 2.15. The zero-order valence-corrected chi connectivity index (χ0v) is 13.1. The molecule has 1 aliphatic rings. The molecule has 112 valence electrons. The second-order valence-corrected chi connectivity index (χ2v) is 6.30. The van der Waals surface area contributed by atoms with E-state index in [1.54, 1.807) is 11.3 Å². The van der Waals surface area contributed by atoms with Gasteiger partial charge >= 0.3 is 0 Å². The van der Waals surface area contributed by atoms with Gasteiger partial charge in [-0.15, -0.1) is 10.2 Å². The van der Waals surface area contributed by atoms with Crippen molar-refractivity contribution in [2.24, 2.45) is 0 Å². The zero-order chi connectivity index (χ0) is 14.4. The molecule has 1 fully saturated rings. The lowest BCUT2D eigenvalue weighted by atomic mass is 10.4. The smallest absolute Gasteiger partial charge is 0.234 e. The summed E-state index contributed by atoms with van der Waals surface area (Å²) in [5.41, 5.74) is 0. The fourth-order valence-corrected chi connectivity index (χ4v) is 2.92. The van der Waals surface area contributed by atoms with Gasteiger partial charge in [0.15, 0.2) is 0 Å². The third-order valence-corrected chi connectivity index (χ3v) is 4.49. The highest BCUT2D eigenvalue weighted by Crippen LogP contribution is 2.09. The van der Waals surface area contributed by atoms with Gasteiger partial charge < -0.3 is 10.2 Å². The summed E-state index contributed by atoms with van der Waals surface area (Å²) >= 11 is 1.57. The highest BCUT2D eigenvalue weighted by molar-refractivity contribution is 7.11. The molecule has 2 heterocycles. The number of carbonyl (C=O) groups excluding carboxylic acids is 1. The van der Waals surface area contributed by atoms with Gasteiger partial charge in [0, 0.05) is 13.1 Å². The molecule has 20 heavy (non-hydrogen) atoms. The monoisotopic (exact) mass is 297 g/mol. The van der Waals surface area contributed by atoms with Gasteiger partial charge in [-0.1, -0.05) is 18.3 Å². The average molecular weight is 297 g/mol. The third kappa shape index (κ3) is 4.81. The van der Waals surface area contributed by atoms with Crippen molar-refractivity contribution in [3.05, 3.63) is 10.0 Å². The number of aromatic nitrogens is 2. The van der Waals surface area contributed by atoms with Crippen LogP contribution in [0.1, 0.15) is 23.4 Å². The number of likely N-dealkylation sites (N-methyl/N-ethyl adjacent to an activating group) is 1. The van der Waals surface area contributed by atoms with E-state index in [1.165, 1.54) is 0 Å². The van der Waals surface area contributed by atoms with E-state index in [0.29, 0.717) is 13.1 Å². The molecule has 0 atom stereocenters. The van der Waals surface area contributed by atoms with Gasteiger partial charge in [0.05, 0.1) is 13.1 Å². The van der Waals surface area contributed by atoms with Crippen molar-refractivity contribution < 1.29 is 4.79 Å². The van der Waals surface area contributed by atoms with Gasteiger partial charge in [-0.25, -0.2) is 0 Å². The standard InChI is InChI=1S/C13H23N5OS/c1-3-12-15-16-13(20-12)9-14-11(19)10-18-6-4-5-17(2)7-8-18/h3-10H2,1-2H3,(H,14,19). The van der Waals surface area contributed by atoms with Gasteiger partial charge in [-0.2, -0.15) is 0 Å². The quantitative estimate of drug-likeness (QED) is 0.850. The molecular weight excluding hydrogens is 274 g/mol. The van der Waals surface area contributed by atoms with Crippen molar-refractivity contribution in [1.82, 2.24) is 25.3 Å². The maximum atomic E-state index is 11.9. The van der Waals surface area contributed by atoms with E-state index in [-0.39, 0.29) is 5.91 Å². The van der Waals surface area contributed by atoms with E-state index in [2.05, 4.69) is 39.3 Å². The summed E-state index contributed by atoms with van der Waals surface area (Å²) in [5, 5.41) is 12.9. The second-order valence-electron chi connectivity index (χ2n) is 5.15. The molecule has 0 spiro atoms. The number of amides is 1. The maximum absolute atomic E-state index is 11.9. The Kier molecular flexibility index (Phi) is 5.87. The van der Waals surface area contributed by atoms with Crippen LogP contribution in [0.15, 0.2) is 0 Å². The van der Waals surface area contributed by atoms with E-state index >= 15 is 0 Å². The topological polar surface area (TPSA) is 61.4 Å². The number of rotatable bonds is 5. The highest BCUT2D eigenvalue weighted by atomic mass is 32.1. The van der Waals surface area contributed by atoms with Crippen LogP contribution >= 0.6 is 11.3 Å². The second kappa shape index (κ2) is 7.66. The molecule has 0 saturated carbocycles. The lowest BCUT2D eigenvalue weighted by Crippen LogP contribution is -2.38. The Morgan fingerprint density at radius 1 is 1.25 bits per heavy atom. The molecule has 0 bridgehead atoms. The van der Waals surface area contributed by atoms with Crippen LogP contribution in [0.25, 0.3) is 0 Å². The Bertz CT molecular complexity index is 436. The molecule has 0 aromatic carbocycles. The van der Waals surface area contributed by atoms with Crippen LogP contribution in [0.2, 0.25) is 0 Å². The number of nitrogens with one attached hydrogen (secondary N) is 1. The molecule has 1 amide bonds. The fraction of sp³-hybridized carbons (Fsp3) is 0.769. The minimum Gasteiger partial charge on any atom is -0.348 e. The van der Waals surface area contributed by atoms with Gasteiger partial charge in [-0.05, 0) is 33.0 Å². The molecule has 1 aromatic heterocycles. The number of hydrogen-bond donors (Lipinski definition) is 1. The Hall–Kier alpha value is -1.05. The number of aryl methyl sites for hydroxylation is 1. The molecule has 0 aliphatic carbocycles. The van der Waals surface area contributed by atoms with Crippen LogP contribution < -0.4 is 5.32 Å². The summed E-state index contributed by atoms with van der Waals surface area (Å²) in [6.45, 7) is 7.13. The van der Waals surface area contributed by atoms with Crippen molar-refractivity contribution in [3.8, 4) is 0 Å². The Morgan fingerprint density at radius 2 is 2.05 bits per heavy atom. The largest absolute Gasteiger partial charge is 0.348 e. The Morgan fingerprint density at radius 3 is 2.80 bits per heavy atom. The first-order chi connectivity index (χ1) is 9.67. The van der Waals surface area contributed by atoms with Crippen LogP contribution in [0, 0.1) is 0 Å². The predicted molar refractivity (Wildman–Crippen MR) is 79.7 cm³/mol. The van der Waals surface area contributed by atoms with Gasteiger partial charge in [-0.3, -0.25) is 9.69 Å². The molecule has 1 aliphatic heterocycles. The first-order valence-corrected chi connectivity index (χ1v) is 7.98. The number of nitrogens with zero attached hydrogens (tertiary/aromatic N) is 4. The van der Waals surface area contributed by atoms with Gasteiger partial charge in [0.1, 0.15) is 10.0 Å². The molecule has 1 aromatic rings. The van der Waals surface area contributed by atoms with E-state index in [1.807, 2.05) is 0 Å². The van der Waals surface area contributed by atoms with E-state index in [9.17, 15) is 4.79 Å². The molecule has 0 unspecified atom stereocenters. The number of carbonyl (C=O) groups is 1. The summed E-state index contributed by atoms with van der Waals surface area (Å²) in [7, 11) is 2.13. The molecule has 1 saturated heterocycles. The van der Waals surface area contributed by atoms with Crippen molar-refractivity contribution >= 4 is 17.2 Å². The first kappa shape index (κ1) is 15.3. The van der Waals surface area contributed by atoms with E-state index in [0.717, 1.165) is 49.0 Å². The average Bonchev–Trinajstić information content (AvgIpc) is 2.81. The summed E-state index contributed by atoms with van der Waals surface area (Å²) < 4.78 is 0. The van der Waals surface area contributed by atoms with Crippen molar-refractivity contribution in [3.63, 3.8) is 0 Å². The molecule has 6 nitrogen and oxygen atoms in total. The van der Waals surface area contributed by atoms with Crippen LogP contribution in [-0.2, 0) is 17.8 Å². The van der Waals surface area contributed by atoms with Crippen LogP contribution in [0.5, 0.6) is 0 Å². The summed E-state index contributed by atoms with van der Waals surface area (Å²) in [6.07, 6.45) is 2.02. The van der Waals surface area contributed by atoms with E-state index < -0.39 is 0 Å². The van der Waals surface area contributed by atoms with Crippen molar-refractivity contribution in [2.45, 2.75) is 26.3 Å². The molecule has 7 heteroatoms. The van der Waals surface area contributed by atoms with Crippen LogP contribution in [0.3, 0.4) is 0 Å². The van der Waals surface area contributed by atoms with Crippen molar-refractivity contribution in [2.75, 3.05) is 39.8 Å². The Balaban J connectivity index is 1.72. The predicted octanol–water partition coefficient (Wildman–Crippen LogP) is 0.354. The summed E-state index contributed by atoms with van der Waals surface area (Å²) in [5.74, 6) is 0.0720. The number of hydrogen-bond acceptors (Lipinski definition) is 6. The normalized spacial score (nSPS) is 17.9. The SMILES string of the molecule is CCc1nnc(CNC(=O)CN2CCCN(C)CC2)s1. The minimum atomic E-state index is 0.0720. The van der Waals surface area contributed by atoms with Crippen LogP contribution in [-0.4, -0.2) is 65.7 Å². The zero-order valence-electron chi connectivity index (χ0n) is 12.3. The molecular formula is C13H23N5OS.